The first-order chi connectivity index (χ1) is 4.63. The van der Waals surface area contributed by atoms with Gasteiger partial charge >= 0.3 is 0 Å². The van der Waals surface area contributed by atoms with Gasteiger partial charge in [-0.05, 0) is 6.92 Å². The van der Waals surface area contributed by atoms with Gasteiger partial charge in [-0.15, -0.1) is 0 Å². The highest BCUT2D eigenvalue weighted by atomic mass is 32.1. The number of aliphatic hydroxyl groups is 3. The second-order valence-electron chi connectivity index (χ2n) is 2.31. The van der Waals surface area contributed by atoms with Crippen LogP contribution < -0.4 is 0 Å². The molecule has 4 heteroatoms. The molecule has 0 aliphatic heterocycles. The SMILES string of the molecule is CC(=S)C(CO)(CO)CO. The van der Waals surface area contributed by atoms with Crippen LogP contribution in [0.25, 0.3) is 0 Å². The van der Waals surface area contributed by atoms with E-state index in [1.54, 1.807) is 6.92 Å². The molecule has 0 heterocycles. The predicted octanol–water partition coefficient (Wildman–Crippen LogP) is -0.661. The number of aliphatic hydroxyl groups excluding tert-OH is 3. The van der Waals surface area contributed by atoms with Crippen molar-refractivity contribution in [3.63, 3.8) is 0 Å². The molecule has 0 aliphatic rings. The molecule has 0 amide bonds. The van der Waals surface area contributed by atoms with Gasteiger partial charge in [0.25, 0.3) is 0 Å². The van der Waals surface area contributed by atoms with Gasteiger partial charge in [-0.1, -0.05) is 12.2 Å². The van der Waals surface area contributed by atoms with Crippen LogP contribution in [0.15, 0.2) is 0 Å². The summed E-state index contributed by atoms with van der Waals surface area (Å²) in [6.07, 6.45) is 0. The van der Waals surface area contributed by atoms with Gasteiger partial charge in [0, 0.05) is 4.86 Å². The van der Waals surface area contributed by atoms with E-state index in [0.717, 1.165) is 0 Å². The molecule has 0 radical (unpaired) electrons. The van der Waals surface area contributed by atoms with Gasteiger partial charge < -0.3 is 15.3 Å². The number of rotatable bonds is 4. The maximum Gasteiger partial charge on any atom is 0.0705 e. The molecule has 0 bridgehead atoms. The lowest BCUT2D eigenvalue weighted by atomic mass is 9.88. The van der Waals surface area contributed by atoms with Crippen molar-refractivity contribution < 1.29 is 15.3 Å². The van der Waals surface area contributed by atoms with E-state index in [9.17, 15) is 0 Å². The summed E-state index contributed by atoms with van der Waals surface area (Å²) in [6.45, 7) is 0.665. The Morgan fingerprint density at radius 2 is 1.50 bits per heavy atom. The maximum absolute atomic E-state index is 8.74. The number of hydrogen-bond donors (Lipinski definition) is 3. The average molecular weight is 164 g/mol. The molecule has 0 fully saturated rings. The third kappa shape index (κ3) is 1.73. The first kappa shape index (κ1) is 9.97. The number of thiocarbonyl (C=S) groups is 1. The van der Waals surface area contributed by atoms with E-state index < -0.39 is 5.41 Å². The van der Waals surface area contributed by atoms with Crippen LogP contribution in [-0.4, -0.2) is 40.0 Å². The van der Waals surface area contributed by atoms with Crippen molar-refractivity contribution in [3.05, 3.63) is 0 Å². The monoisotopic (exact) mass is 164 g/mol. The predicted molar refractivity (Wildman–Crippen MR) is 42.0 cm³/mol. The van der Waals surface area contributed by atoms with Gasteiger partial charge in [-0.25, -0.2) is 0 Å². The lowest BCUT2D eigenvalue weighted by molar-refractivity contribution is 0.0576. The highest BCUT2D eigenvalue weighted by molar-refractivity contribution is 7.80. The normalized spacial score (nSPS) is 11.6. The average Bonchev–Trinajstić information content (AvgIpc) is 1.92. The summed E-state index contributed by atoms with van der Waals surface area (Å²) in [7, 11) is 0. The summed E-state index contributed by atoms with van der Waals surface area (Å²) >= 11 is 4.75. The third-order valence-corrected chi connectivity index (χ3v) is 2.09. The van der Waals surface area contributed by atoms with Crippen molar-refractivity contribution in [1.29, 1.82) is 0 Å². The van der Waals surface area contributed by atoms with Gasteiger partial charge in [0.1, 0.15) is 0 Å². The van der Waals surface area contributed by atoms with E-state index in [1.807, 2.05) is 0 Å². The van der Waals surface area contributed by atoms with Gasteiger partial charge in [0.2, 0.25) is 0 Å². The van der Waals surface area contributed by atoms with Gasteiger partial charge in [-0.3, -0.25) is 0 Å². The molecule has 0 spiro atoms. The molecular weight excluding hydrogens is 152 g/mol. The molecule has 0 atom stereocenters. The van der Waals surface area contributed by atoms with Crippen molar-refractivity contribution in [1.82, 2.24) is 0 Å². The summed E-state index contributed by atoms with van der Waals surface area (Å²) in [5.74, 6) is 0. The zero-order valence-corrected chi connectivity index (χ0v) is 6.69. The molecule has 10 heavy (non-hydrogen) atoms. The molecule has 0 aromatic heterocycles. The van der Waals surface area contributed by atoms with Crippen LogP contribution in [-0.2, 0) is 0 Å². The Balaban J connectivity index is 4.31. The number of hydrogen-bond acceptors (Lipinski definition) is 4. The Hall–Kier alpha value is -0.0300. The first-order valence-electron chi connectivity index (χ1n) is 2.96. The summed E-state index contributed by atoms with van der Waals surface area (Å²) in [5.41, 5.74) is -0.977. The van der Waals surface area contributed by atoms with Crippen molar-refractivity contribution in [2.45, 2.75) is 6.92 Å². The molecule has 0 aliphatic carbocycles. The minimum absolute atomic E-state index is 0.310. The Morgan fingerprint density at radius 3 is 1.50 bits per heavy atom. The Kier molecular flexibility index (Phi) is 3.96. The zero-order chi connectivity index (χ0) is 8.20. The summed E-state index contributed by atoms with van der Waals surface area (Å²) in [5, 5.41) is 26.2. The van der Waals surface area contributed by atoms with E-state index >= 15 is 0 Å². The summed E-state index contributed by atoms with van der Waals surface area (Å²) in [4.78, 5) is 0.431. The summed E-state index contributed by atoms with van der Waals surface area (Å²) < 4.78 is 0. The fraction of sp³-hybridized carbons (Fsp3) is 0.833. The quantitative estimate of drug-likeness (QED) is 0.483. The largest absolute Gasteiger partial charge is 0.395 e. The van der Waals surface area contributed by atoms with Crippen LogP contribution >= 0.6 is 12.2 Å². The standard InChI is InChI=1S/C6H12O3S/c1-5(10)6(2-7,3-8)4-9/h7-9H,2-4H2,1H3. The van der Waals surface area contributed by atoms with Crippen molar-refractivity contribution in [2.75, 3.05) is 19.8 Å². The fourth-order valence-corrected chi connectivity index (χ4v) is 0.678. The maximum atomic E-state index is 8.74. The van der Waals surface area contributed by atoms with Crippen LogP contribution in [0.2, 0.25) is 0 Å². The highest BCUT2D eigenvalue weighted by Gasteiger charge is 2.29. The molecule has 3 nitrogen and oxygen atoms in total. The van der Waals surface area contributed by atoms with E-state index in [1.165, 1.54) is 0 Å². The van der Waals surface area contributed by atoms with Crippen LogP contribution in [0.1, 0.15) is 6.92 Å². The molecule has 60 valence electrons. The minimum atomic E-state index is -0.977. The van der Waals surface area contributed by atoms with E-state index in [2.05, 4.69) is 0 Å². The zero-order valence-electron chi connectivity index (χ0n) is 5.87. The Bertz CT molecular complexity index is 112. The highest BCUT2D eigenvalue weighted by Crippen LogP contribution is 2.16. The van der Waals surface area contributed by atoms with Crippen LogP contribution in [0.5, 0.6) is 0 Å². The molecule has 3 N–H and O–H groups in total. The Morgan fingerprint density at radius 1 is 1.20 bits per heavy atom. The van der Waals surface area contributed by atoms with Gasteiger partial charge in [0.05, 0.1) is 25.2 Å². The van der Waals surface area contributed by atoms with E-state index in [4.69, 9.17) is 27.5 Å². The fourth-order valence-electron chi connectivity index (χ4n) is 0.484. The van der Waals surface area contributed by atoms with Crippen LogP contribution in [0.4, 0.5) is 0 Å². The van der Waals surface area contributed by atoms with Gasteiger partial charge in [0.15, 0.2) is 0 Å². The first-order valence-corrected chi connectivity index (χ1v) is 3.37. The molecular formula is C6H12O3S. The Labute approximate surface area is 65.3 Å². The lowest BCUT2D eigenvalue weighted by Gasteiger charge is -2.25. The molecule has 0 saturated heterocycles. The lowest BCUT2D eigenvalue weighted by Crippen LogP contribution is -2.39. The molecule has 0 rings (SSSR count). The van der Waals surface area contributed by atoms with E-state index in [-0.39, 0.29) is 19.8 Å². The van der Waals surface area contributed by atoms with Crippen molar-refractivity contribution in [2.24, 2.45) is 5.41 Å². The molecule has 0 aromatic carbocycles. The molecule has 0 unspecified atom stereocenters. The summed E-state index contributed by atoms with van der Waals surface area (Å²) in [6, 6.07) is 0. The van der Waals surface area contributed by atoms with E-state index in [0.29, 0.717) is 4.86 Å². The minimum Gasteiger partial charge on any atom is -0.395 e. The topological polar surface area (TPSA) is 60.7 Å². The molecule has 0 saturated carbocycles. The third-order valence-electron chi connectivity index (χ3n) is 1.65. The van der Waals surface area contributed by atoms with Crippen molar-refractivity contribution >= 4 is 17.1 Å². The second kappa shape index (κ2) is 3.98. The smallest absolute Gasteiger partial charge is 0.0705 e. The van der Waals surface area contributed by atoms with Crippen molar-refractivity contribution in [3.8, 4) is 0 Å². The second-order valence-corrected chi connectivity index (χ2v) is 2.92. The molecule has 0 aromatic rings. The van der Waals surface area contributed by atoms with Gasteiger partial charge in [-0.2, -0.15) is 0 Å². The van der Waals surface area contributed by atoms with Crippen LogP contribution in [0, 0.1) is 5.41 Å². The van der Waals surface area contributed by atoms with Crippen LogP contribution in [0.3, 0.4) is 0 Å².